The summed E-state index contributed by atoms with van der Waals surface area (Å²) in [5.74, 6) is -0.214. The summed E-state index contributed by atoms with van der Waals surface area (Å²) in [6.07, 6.45) is -0.00812. The van der Waals surface area contributed by atoms with Crippen LogP contribution in [0.15, 0.2) is 64.7 Å². The van der Waals surface area contributed by atoms with Gasteiger partial charge < -0.3 is 19.1 Å². The van der Waals surface area contributed by atoms with E-state index in [4.69, 9.17) is 14.0 Å². The van der Waals surface area contributed by atoms with Crippen LogP contribution in [0.4, 0.5) is 5.82 Å². The average Bonchev–Trinajstić information content (AvgIpc) is 3.34. The lowest BCUT2D eigenvalue weighted by Crippen LogP contribution is -2.29. The van der Waals surface area contributed by atoms with Gasteiger partial charge in [0.15, 0.2) is 5.82 Å². The number of methoxy groups -OCH3 is 1. The van der Waals surface area contributed by atoms with Gasteiger partial charge in [0.05, 0.1) is 18.8 Å². The zero-order chi connectivity index (χ0) is 23.7. The van der Waals surface area contributed by atoms with Crippen LogP contribution in [0.25, 0.3) is 5.76 Å². The van der Waals surface area contributed by atoms with Gasteiger partial charge in [-0.3, -0.25) is 14.5 Å². The number of aryl methyl sites for hydroxylation is 1. The maximum Gasteiger partial charge on any atom is 0.301 e. The zero-order valence-corrected chi connectivity index (χ0v) is 18.7. The predicted molar refractivity (Wildman–Crippen MR) is 121 cm³/mol. The molecule has 1 N–H and O–H groups in total. The van der Waals surface area contributed by atoms with Gasteiger partial charge in [-0.1, -0.05) is 23.4 Å². The van der Waals surface area contributed by atoms with Crippen molar-refractivity contribution in [3.63, 3.8) is 0 Å². The van der Waals surface area contributed by atoms with E-state index in [9.17, 15) is 14.7 Å². The van der Waals surface area contributed by atoms with E-state index in [1.807, 2.05) is 13.8 Å². The number of aliphatic hydroxyl groups excluding tert-OH is 1. The number of nitrogens with zero attached hydrogens (tertiary/aromatic N) is 2. The third-order valence-electron chi connectivity index (χ3n) is 5.24. The lowest BCUT2D eigenvalue weighted by atomic mass is 9.94. The number of anilines is 1. The second-order valence-corrected chi connectivity index (χ2v) is 7.90. The van der Waals surface area contributed by atoms with Gasteiger partial charge in [0.25, 0.3) is 5.78 Å². The minimum atomic E-state index is -0.961. The third kappa shape index (κ3) is 4.07. The molecule has 8 heteroatoms. The number of hydrogen-bond acceptors (Lipinski definition) is 7. The summed E-state index contributed by atoms with van der Waals surface area (Å²) in [5.41, 5.74) is 0.837. The van der Waals surface area contributed by atoms with Crippen molar-refractivity contribution in [2.45, 2.75) is 32.9 Å². The molecule has 1 fully saturated rings. The molecule has 4 rings (SSSR count). The van der Waals surface area contributed by atoms with Crippen molar-refractivity contribution in [3.05, 3.63) is 77.1 Å². The Morgan fingerprint density at radius 3 is 2.42 bits per heavy atom. The highest BCUT2D eigenvalue weighted by Crippen LogP contribution is 2.44. The highest BCUT2D eigenvalue weighted by molar-refractivity contribution is 6.51. The standard InChI is InChI=1S/C25H24N2O6/c1-14(2)32-17-11-9-16(10-12-17)23(28)21-22(18-7-5-6-8-19(18)31-4)27(25(30)24(21)29)20-13-15(3)33-26-20/h5-14,22,28H,1-4H3/t22-/m0/s1. The van der Waals surface area contributed by atoms with Gasteiger partial charge in [0.2, 0.25) is 0 Å². The summed E-state index contributed by atoms with van der Waals surface area (Å²) < 4.78 is 16.3. The predicted octanol–water partition coefficient (Wildman–Crippen LogP) is 4.41. The number of Topliss-reactive ketones (excluding diaryl/α,β-unsaturated/α-hetero) is 1. The van der Waals surface area contributed by atoms with Crippen LogP contribution in [-0.2, 0) is 9.59 Å². The van der Waals surface area contributed by atoms with E-state index in [2.05, 4.69) is 5.16 Å². The number of ether oxygens (including phenoxy) is 2. The molecule has 1 amide bonds. The summed E-state index contributed by atoms with van der Waals surface area (Å²) >= 11 is 0. The van der Waals surface area contributed by atoms with Crippen LogP contribution < -0.4 is 14.4 Å². The Kier molecular flexibility index (Phi) is 5.91. The first kappa shape index (κ1) is 22.1. The smallest absolute Gasteiger partial charge is 0.301 e. The van der Waals surface area contributed by atoms with Crippen molar-refractivity contribution in [2.24, 2.45) is 0 Å². The highest BCUT2D eigenvalue weighted by atomic mass is 16.5. The van der Waals surface area contributed by atoms with Crippen molar-refractivity contribution in [3.8, 4) is 11.5 Å². The molecular formula is C25H24N2O6. The molecule has 1 atom stereocenters. The fourth-order valence-electron chi connectivity index (χ4n) is 3.84. The SMILES string of the molecule is COc1ccccc1[C@H]1C(=C(O)c2ccc(OC(C)C)cc2)C(=O)C(=O)N1c1cc(C)on1. The van der Waals surface area contributed by atoms with E-state index >= 15 is 0 Å². The molecule has 0 unspecified atom stereocenters. The number of para-hydroxylation sites is 1. The van der Waals surface area contributed by atoms with Crippen LogP contribution >= 0.6 is 0 Å². The van der Waals surface area contributed by atoms with Crippen molar-refractivity contribution in [1.82, 2.24) is 5.16 Å². The number of amides is 1. The molecule has 0 spiro atoms. The topological polar surface area (TPSA) is 102 Å². The number of carbonyl (C=O) groups excluding carboxylic acids is 2. The second-order valence-electron chi connectivity index (χ2n) is 7.90. The molecule has 0 radical (unpaired) electrons. The Morgan fingerprint density at radius 2 is 1.82 bits per heavy atom. The molecule has 0 aliphatic carbocycles. The lowest BCUT2D eigenvalue weighted by molar-refractivity contribution is -0.132. The molecule has 0 bridgehead atoms. The molecule has 1 aliphatic heterocycles. The molecule has 170 valence electrons. The number of aliphatic hydroxyl groups is 1. The van der Waals surface area contributed by atoms with Gasteiger partial charge in [-0.25, -0.2) is 0 Å². The van der Waals surface area contributed by atoms with Gasteiger partial charge >= 0.3 is 5.91 Å². The van der Waals surface area contributed by atoms with Crippen molar-refractivity contribution in [2.75, 3.05) is 12.0 Å². The van der Waals surface area contributed by atoms with Crippen LogP contribution in [0.3, 0.4) is 0 Å². The Hall–Kier alpha value is -4.07. The van der Waals surface area contributed by atoms with Gasteiger partial charge in [-0.05, 0) is 51.1 Å². The molecule has 2 heterocycles. The summed E-state index contributed by atoms with van der Waals surface area (Å²) in [7, 11) is 1.50. The minimum Gasteiger partial charge on any atom is -0.507 e. The van der Waals surface area contributed by atoms with Crippen LogP contribution in [0.1, 0.15) is 36.8 Å². The molecule has 3 aromatic rings. The van der Waals surface area contributed by atoms with Gasteiger partial charge in [0.1, 0.15) is 29.1 Å². The highest BCUT2D eigenvalue weighted by Gasteiger charge is 2.49. The van der Waals surface area contributed by atoms with Crippen molar-refractivity contribution >= 4 is 23.3 Å². The van der Waals surface area contributed by atoms with E-state index in [0.29, 0.717) is 28.4 Å². The minimum absolute atomic E-state index is 0.00812. The monoisotopic (exact) mass is 448 g/mol. The Morgan fingerprint density at radius 1 is 1.12 bits per heavy atom. The van der Waals surface area contributed by atoms with Crippen LogP contribution in [0.5, 0.6) is 11.5 Å². The Labute approximate surface area is 191 Å². The molecular weight excluding hydrogens is 424 g/mol. The van der Waals surface area contributed by atoms with Crippen LogP contribution in [0.2, 0.25) is 0 Å². The molecule has 1 aliphatic rings. The summed E-state index contributed by atoms with van der Waals surface area (Å²) in [6, 6.07) is 14.3. The zero-order valence-electron chi connectivity index (χ0n) is 18.7. The summed E-state index contributed by atoms with van der Waals surface area (Å²) in [5, 5.41) is 15.1. The second kappa shape index (κ2) is 8.82. The van der Waals surface area contributed by atoms with Crippen molar-refractivity contribution in [1.29, 1.82) is 0 Å². The van der Waals surface area contributed by atoms with Crippen LogP contribution in [0, 0.1) is 6.92 Å². The number of carbonyl (C=O) groups is 2. The number of aromatic nitrogens is 1. The first-order valence-electron chi connectivity index (χ1n) is 10.5. The fraction of sp³-hybridized carbons (Fsp3) is 0.240. The maximum atomic E-state index is 13.2. The summed E-state index contributed by atoms with van der Waals surface area (Å²) in [6.45, 7) is 5.51. The number of ketones is 1. The van der Waals surface area contributed by atoms with Gasteiger partial charge in [-0.15, -0.1) is 0 Å². The normalized spacial score (nSPS) is 17.6. The number of benzene rings is 2. The fourth-order valence-corrected chi connectivity index (χ4v) is 3.84. The van der Waals surface area contributed by atoms with Gasteiger partial charge in [0, 0.05) is 17.2 Å². The molecule has 0 saturated carbocycles. The molecule has 33 heavy (non-hydrogen) atoms. The van der Waals surface area contributed by atoms with E-state index < -0.39 is 17.7 Å². The van der Waals surface area contributed by atoms with E-state index in [-0.39, 0.29) is 23.3 Å². The van der Waals surface area contributed by atoms with E-state index in [1.54, 1.807) is 61.5 Å². The molecule has 1 saturated heterocycles. The third-order valence-corrected chi connectivity index (χ3v) is 5.24. The summed E-state index contributed by atoms with van der Waals surface area (Å²) in [4.78, 5) is 27.5. The number of rotatable bonds is 6. The van der Waals surface area contributed by atoms with E-state index in [1.165, 1.54) is 12.0 Å². The van der Waals surface area contributed by atoms with Crippen LogP contribution in [-0.4, -0.2) is 35.2 Å². The molecule has 8 nitrogen and oxygen atoms in total. The first-order valence-corrected chi connectivity index (χ1v) is 10.5. The van der Waals surface area contributed by atoms with Crippen molar-refractivity contribution < 1.29 is 28.7 Å². The Bertz CT molecular complexity index is 1230. The Balaban J connectivity index is 1.89. The first-order chi connectivity index (χ1) is 15.8. The maximum absolute atomic E-state index is 13.2. The molecule has 2 aromatic carbocycles. The number of hydrogen-bond donors (Lipinski definition) is 1. The largest absolute Gasteiger partial charge is 0.507 e. The van der Waals surface area contributed by atoms with E-state index in [0.717, 1.165) is 0 Å². The molecule has 1 aromatic heterocycles. The average molecular weight is 448 g/mol. The quantitative estimate of drug-likeness (QED) is 0.339. The lowest BCUT2D eigenvalue weighted by Gasteiger charge is -2.24. The van der Waals surface area contributed by atoms with Gasteiger partial charge in [-0.2, -0.15) is 0 Å².